The average molecular weight is 822 g/mol. The zero-order valence-corrected chi connectivity index (χ0v) is 37.0. The summed E-state index contributed by atoms with van der Waals surface area (Å²) in [6.45, 7) is 18.0. The first kappa shape index (κ1) is 43.8. The summed E-state index contributed by atoms with van der Waals surface area (Å²) in [6, 6.07) is 10.1. The van der Waals surface area contributed by atoms with Crippen molar-refractivity contribution >= 4 is 40.7 Å². The van der Waals surface area contributed by atoms with Gasteiger partial charge in [-0.25, -0.2) is 5.48 Å². The van der Waals surface area contributed by atoms with Gasteiger partial charge in [-0.2, -0.15) is 5.26 Å². The molecule has 0 bridgehead atoms. The van der Waals surface area contributed by atoms with Crippen molar-refractivity contribution in [3.05, 3.63) is 47.6 Å². The summed E-state index contributed by atoms with van der Waals surface area (Å²) >= 11 is 0. The van der Waals surface area contributed by atoms with Crippen molar-refractivity contribution in [2.75, 3.05) is 36.4 Å². The van der Waals surface area contributed by atoms with Gasteiger partial charge in [-0.15, -0.1) is 0 Å². The Morgan fingerprint density at radius 1 is 0.833 bits per heavy atom. The van der Waals surface area contributed by atoms with Gasteiger partial charge in [0.05, 0.1) is 5.57 Å². The largest absolute Gasteiger partial charge is 0.368 e. The van der Waals surface area contributed by atoms with Crippen molar-refractivity contribution in [1.29, 1.82) is 5.26 Å². The lowest BCUT2D eigenvalue weighted by molar-refractivity contribution is -0.171. The van der Waals surface area contributed by atoms with Gasteiger partial charge in [0, 0.05) is 72.6 Å². The molecule has 11 nitrogen and oxygen atoms in total. The van der Waals surface area contributed by atoms with Crippen LogP contribution in [-0.4, -0.2) is 65.6 Å². The molecule has 0 spiro atoms. The highest BCUT2D eigenvalue weighted by Crippen LogP contribution is 2.74. The van der Waals surface area contributed by atoms with E-state index in [2.05, 4.69) is 55.8 Å². The molecule has 60 heavy (non-hydrogen) atoms. The van der Waals surface area contributed by atoms with Crippen LogP contribution in [0.5, 0.6) is 0 Å². The van der Waals surface area contributed by atoms with Crippen molar-refractivity contribution in [2.45, 2.75) is 132 Å². The van der Waals surface area contributed by atoms with Crippen LogP contribution in [-0.2, 0) is 24.0 Å². The van der Waals surface area contributed by atoms with E-state index in [0.717, 1.165) is 88.7 Å². The summed E-state index contributed by atoms with van der Waals surface area (Å²) in [5.41, 5.74) is 2.41. The molecule has 1 saturated heterocycles. The molecule has 1 aromatic carbocycles. The fourth-order valence-corrected chi connectivity index (χ4v) is 13.5. The van der Waals surface area contributed by atoms with Gasteiger partial charge in [0.15, 0.2) is 11.6 Å². The van der Waals surface area contributed by atoms with E-state index in [-0.39, 0.29) is 75.3 Å². The van der Waals surface area contributed by atoms with E-state index in [0.29, 0.717) is 25.9 Å². The van der Waals surface area contributed by atoms with Gasteiger partial charge in [-0.1, -0.05) is 73.0 Å². The third-order valence-electron chi connectivity index (χ3n) is 17.3. The Kier molecular flexibility index (Phi) is 11.6. The van der Waals surface area contributed by atoms with Gasteiger partial charge in [0.2, 0.25) is 17.7 Å². The van der Waals surface area contributed by atoms with Crippen molar-refractivity contribution in [1.82, 2.24) is 10.4 Å². The Balaban J connectivity index is 0.999. The van der Waals surface area contributed by atoms with Crippen molar-refractivity contribution in [2.24, 2.45) is 50.2 Å². The minimum absolute atomic E-state index is 0.00878. The zero-order valence-electron chi connectivity index (χ0n) is 37.0. The molecular weight excluding hydrogens is 755 g/mol. The number of Topliss-reactive ketones (excluding diaryl/α,β-unsaturated/α-hetero) is 1. The molecule has 5 aliphatic carbocycles. The van der Waals surface area contributed by atoms with Gasteiger partial charge in [0.1, 0.15) is 6.07 Å². The molecule has 1 aliphatic heterocycles. The van der Waals surface area contributed by atoms with E-state index >= 15 is 0 Å². The third kappa shape index (κ3) is 7.22. The first-order valence-corrected chi connectivity index (χ1v) is 22.6. The Labute approximate surface area is 356 Å². The van der Waals surface area contributed by atoms with Crippen LogP contribution in [0, 0.1) is 61.6 Å². The van der Waals surface area contributed by atoms with Crippen LogP contribution < -0.4 is 15.7 Å². The molecule has 7 rings (SSSR count). The number of hydrogen-bond donors (Lipinski definition) is 3. The number of unbranched alkanes of at least 4 members (excludes halogenated alkanes) is 3. The number of ketones is 2. The number of piperazine rings is 1. The second kappa shape index (κ2) is 15.9. The third-order valence-corrected chi connectivity index (χ3v) is 17.3. The van der Waals surface area contributed by atoms with Crippen LogP contribution in [0.4, 0.5) is 11.4 Å². The van der Waals surface area contributed by atoms with E-state index < -0.39 is 16.2 Å². The number of anilines is 2. The van der Waals surface area contributed by atoms with E-state index in [1.807, 2.05) is 50.3 Å². The van der Waals surface area contributed by atoms with Gasteiger partial charge in [-0.3, -0.25) is 29.2 Å². The number of fused-ring (bicyclic) bond motifs is 7. The molecule has 6 aliphatic rings. The summed E-state index contributed by atoms with van der Waals surface area (Å²) in [6.07, 6.45) is 13.8. The van der Waals surface area contributed by atoms with Crippen LogP contribution in [0.15, 0.2) is 47.6 Å². The monoisotopic (exact) mass is 822 g/mol. The summed E-state index contributed by atoms with van der Waals surface area (Å²) in [4.78, 5) is 70.9. The number of hydroxylamine groups is 1. The number of rotatable bonds is 10. The molecule has 0 aromatic heterocycles. The first-order valence-electron chi connectivity index (χ1n) is 22.6. The maximum atomic E-state index is 14.8. The van der Waals surface area contributed by atoms with Gasteiger partial charge in [0.25, 0.3) is 0 Å². The average Bonchev–Trinajstić information content (AvgIpc) is 3.22. The van der Waals surface area contributed by atoms with Gasteiger partial charge < -0.3 is 15.1 Å². The fourth-order valence-electron chi connectivity index (χ4n) is 13.5. The number of carbonyl (C=O) groups is 5. The standard InChI is InChI=1S/C49H67N5O6/c1-44(2)38-18-19-49(7)41(47(38,5)29-32(31-50)42(44)58)37(55)28-35-36-30-46(4,21-20-45(36,3)22-23-48(35,49)6)43(59)54-26-24-53(25-27-54)34-16-14-33(15-17-34)51-39(56)12-10-8-9-11-13-40(57)52-60/h14-17,28-29,36,38,41,60H,8-13,18-27,30H2,1-7H3,(H,51,56)(H,52,57)/t36-,38-,41+,45+,46-,47-,48+,49+/m0/s1. The molecule has 11 heteroatoms. The minimum Gasteiger partial charge on any atom is -0.368 e. The highest BCUT2D eigenvalue weighted by Gasteiger charge is 2.70. The summed E-state index contributed by atoms with van der Waals surface area (Å²) in [5, 5.41) is 21.6. The van der Waals surface area contributed by atoms with E-state index in [4.69, 9.17) is 5.21 Å². The number of carbonyl (C=O) groups excluding carboxylic acids is 5. The van der Waals surface area contributed by atoms with Crippen LogP contribution in [0.3, 0.4) is 0 Å². The highest BCUT2D eigenvalue weighted by atomic mass is 16.5. The molecule has 4 fully saturated rings. The molecule has 3 N–H and O–H groups in total. The SMILES string of the molecule is CC1(C)C(=O)C(C#N)=C[C@]2(C)[C@H]3C(=O)C=C4[C@@H]5C[C@@](C)(C(=O)N6CCN(c7ccc(NC(=O)CCCCCCC(=O)NO)cc7)CC6)CC[C@]5(C)CC[C@@]4(C)[C@]3(C)CC[C@@H]12. The quantitative estimate of drug-likeness (QED) is 0.121. The smallest absolute Gasteiger partial charge is 0.243 e. The second-order valence-electron chi connectivity index (χ2n) is 21.2. The number of benzene rings is 1. The second-order valence-corrected chi connectivity index (χ2v) is 21.2. The Morgan fingerprint density at radius 3 is 2.10 bits per heavy atom. The van der Waals surface area contributed by atoms with Crippen molar-refractivity contribution in [3.63, 3.8) is 0 Å². The molecule has 3 saturated carbocycles. The van der Waals surface area contributed by atoms with Crippen LogP contribution in [0.2, 0.25) is 0 Å². The Morgan fingerprint density at radius 2 is 1.47 bits per heavy atom. The van der Waals surface area contributed by atoms with Crippen LogP contribution in [0.1, 0.15) is 132 Å². The number of nitriles is 1. The fraction of sp³-hybridized carbons (Fsp3) is 0.673. The molecule has 8 atom stereocenters. The molecule has 3 amide bonds. The Hall–Kier alpha value is -4.30. The number of nitrogens with one attached hydrogen (secondary N) is 2. The van der Waals surface area contributed by atoms with Gasteiger partial charge in [-0.05, 0) is 116 Å². The van der Waals surface area contributed by atoms with Gasteiger partial charge >= 0.3 is 0 Å². The molecule has 0 radical (unpaired) electrons. The van der Waals surface area contributed by atoms with Crippen LogP contribution in [0.25, 0.3) is 0 Å². The van der Waals surface area contributed by atoms with E-state index in [1.54, 1.807) is 5.48 Å². The highest BCUT2D eigenvalue weighted by molar-refractivity contribution is 6.05. The predicted molar refractivity (Wildman–Crippen MR) is 230 cm³/mol. The zero-order chi connectivity index (χ0) is 43.5. The summed E-state index contributed by atoms with van der Waals surface area (Å²) < 4.78 is 0. The molecular formula is C49H67N5O6. The number of amides is 3. The van der Waals surface area contributed by atoms with E-state index in [1.165, 1.54) is 5.57 Å². The van der Waals surface area contributed by atoms with Crippen molar-refractivity contribution < 1.29 is 29.2 Å². The Bertz CT molecular complexity index is 2030. The molecule has 324 valence electrons. The number of nitrogens with zero attached hydrogens (tertiary/aromatic N) is 3. The lowest BCUT2D eigenvalue weighted by Crippen LogP contribution is -2.65. The lowest BCUT2D eigenvalue weighted by atomic mass is 9.34. The summed E-state index contributed by atoms with van der Waals surface area (Å²) in [7, 11) is 0. The molecule has 1 aromatic rings. The number of hydrogen-bond acceptors (Lipinski definition) is 8. The lowest BCUT2D eigenvalue weighted by Gasteiger charge is -2.69. The van der Waals surface area contributed by atoms with Crippen molar-refractivity contribution in [3.8, 4) is 6.07 Å². The maximum absolute atomic E-state index is 14.8. The van der Waals surface area contributed by atoms with E-state index in [9.17, 15) is 29.2 Å². The molecule has 0 unspecified atom stereocenters. The number of allylic oxidation sites excluding steroid dienone is 4. The first-order chi connectivity index (χ1) is 28.3. The summed E-state index contributed by atoms with van der Waals surface area (Å²) in [5.74, 6) is -0.434. The minimum atomic E-state index is -0.722. The normalized spacial score (nSPS) is 35.7. The topological polar surface area (TPSA) is 160 Å². The van der Waals surface area contributed by atoms with Crippen LogP contribution >= 0.6 is 0 Å². The predicted octanol–water partition coefficient (Wildman–Crippen LogP) is 8.34. The molecule has 1 heterocycles. The maximum Gasteiger partial charge on any atom is 0.243 e.